The second-order valence-electron chi connectivity index (χ2n) is 6.53. The molecule has 146 valence electrons. The van der Waals surface area contributed by atoms with Crippen molar-refractivity contribution >= 4 is 50.2 Å². The van der Waals surface area contributed by atoms with Crippen molar-refractivity contribution in [1.29, 1.82) is 0 Å². The third kappa shape index (κ3) is 4.29. The van der Waals surface area contributed by atoms with Crippen LogP contribution in [0.4, 0.5) is 5.13 Å². The fraction of sp³-hybridized carbons (Fsp3) is 0.0909. The van der Waals surface area contributed by atoms with Crippen LogP contribution < -0.4 is 5.43 Å². The largest absolute Gasteiger partial charge is 0.316 e. The molecule has 0 fully saturated rings. The van der Waals surface area contributed by atoms with E-state index in [1.165, 1.54) is 11.3 Å². The summed E-state index contributed by atoms with van der Waals surface area (Å²) in [6.07, 6.45) is 1.82. The molecule has 0 saturated carbocycles. The van der Waals surface area contributed by atoms with E-state index in [-0.39, 0.29) is 0 Å². The third-order valence-corrected chi connectivity index (χ3v) is 6.17. The second kappa shape index (κ2) is 8.53. The molecule has 1 N–H and O–H groups in total. The maximum atomic E-state index is 6.38. The molecule has 0 bridgehead atoms. The van der Waals surface area contributed by atoms with Gasteiger partial charge in [0.15, 0.2) is 0 Å². The van der Waals surface area contributed by atoms with E-state index in [1.54, 1.807) is 0 Å². The molecule has 0 aliphatic rings. The molecule has 29 heavy (non-hydrogen) atoms. The molecule has 4 rings (SSSR count). The number of hydrazone groups is 1. The first-order valence-electron chi connectivity index (χ1n) is 8.97. The number of nitrogens with zero attached hydrogens (tertiary/aromatic N) is 3. The average molecular weight is 486 g/mol. The van der Waals surface area contributed by atoms with E-state index in [0.717, 1.165) is 48.5 Å². The van der Waals surface area contributed by atoms with Gasteiger partial charge in [-0.3, -0.25) is 5.43 Å². The zero-order valence-electron chi connectivity index (χ0n) is 15.9. The van der Waals surface area contributed by atoms with Crippen molar-refractivity contribution in [2.24, 2.45) is 5.10 Å². The van der Waals surface area contributed by atoms with Gasteiger partial charge in [0.1, 0.15) is 0 Å². The Bertz CT molecular complexity index is 1180. The lowest BCUT2D eigenvalue weighted by atomic mass is 10.2. The SMILES string of the molecule is Cc1cc(C=NNc2nc(-c3ccc(Br)cc3)cs2)c(C)n1-c1ccccc1Cl. The van der Waals surface area contributed by atoms with E-state index in [0.29, 0.717) is 0 Å². The molecule has 0 unspecified atom stereocenters. The molecule has 0 spiro atoms. The Morgan fingerprint density at radius 3 is 2.66 bits per heavy atom. The van der Waals surface area contributed by atoms with Gasteiger partial charge in [0.25, 0.3) is 0 Å². The van der Waals surface area contributed by atoms with Crippen LogP contribution in [0.25, 0.3) is 16.9 Å². The van der Waals surface area contributed by atoms with Crippen molar-refractivity contribution in [2.75, 3.05) is 5.43 Å². The van der Waals surface area contributed by atoms with E-state index < -0.39 is 0 Å². The zero-order valence-corrected chi connectivity index (χ0v) is 19.0. The van der Waals surface area contributed by atoms with Gasteiger partial charge in [-0.05, 0) is 44.2 Å². The molecular weight excluding hydrogens is 468 g/mol. The van der Waals surface area contributed by atoms with Crippen LogP contribution in [0.1, 0.15) is 17.0 Å². The number of halogens is 2. The fourth-order valence-electron chi connectivity index (χ4n) is 3.16. The van der Waals surface area contributed by atoms with Crippen LogP contribution in [0.2, 0.25) is 5.02 Å². The van der Waals surface area contributed by atoms with E-state index in [4.69, 9.17) is 11.6 Å². The second-order valence-corrected chi connectivity index (χ2v) is 8.71. The predicted molar refractivity (Wildman–Crippen MR) is 127 cm³/mol. The quantitative estimate of drug-likeness (QED) is 0.242. The lowest BCUT2D eigenvalue weighted by molar-refractivity contribution is 0.965. The summed E-state index contributed by atoms with van der Waals surface area (Å²) in [6.45, 7) is 4.12. The third-order valence-electron chi connectivity index (χ3n) is 4.57. The number of aromatic nitrogens is 2. The number of benzene rings is 2. The number of thiazole rings is 1. The lowest BCUT2D eigenvalue weighted by Crippen LogP contribution is -2.00. The van der Waals surface area contributed by atoms with Gasteiger partial charge in [-0.1, -0.05) is 51.8 Å². The molecule has 0 radical (unpaired) electrons. The van der Waals surface area contributed by atoms with Crippen molar-refractivity contribution in [3.8, 4) is 16.9 Å². The molecule has 0 amide bonds. The van der Waals surface area contributed by atoms with E-state index in [2.05, 4.69) is 55.9 Å². The van der Waals surface area contributed by atoms with Gasteiger partial charge in [0.05, 0.1) is 22.6 Å². The minimum absolute atomic E-state index is 0.721. The summed E-state index contributed by atoms with van der Waals surface area (Å²) < 4.78 is 3.19. The minimum Gasteiger partial charge on any atom is -0.316 e. The molecule has 0 aliphatic carbocycles. The molecule has 2 heterocycles. The highest BCUT2D eigenvalue weighted by Gasteiger charge is 2.11. The summed E-state index contributed by atoms with van der Waals surface area (Å²) in [5.74, 6) is 0. The summed E-state index contributed by atoms with van der Waals surface area (Å²) >= 11 is 11.4. The smallest absolute Gasteiger partial charge is 0.203 e. The van der Waals surface area contributed by atoms with E-state index in [9.17, 15) is 0 Å². The van der Waals surface area contributed by atoms with Crippen molar-refractivity contribution in [2.45, 2.75) is 13.8 Å². The number of nitrogens with one attached hydrogen (secondary N) is 1. The van der Waals surface area contributed by atoms with E-state index in [1.807, 2.05) is 60.1 Å². The van der Waals surface area contributed by atoms with Crippen LogP contribution in [-0.2, 0) is 0 Å². The lowest BCUT2D eigenvalue weighted by Gasteiger charge is -2.11. The first kappa shape index (κ1) is 19.9. The standard InChI is InChI=1S/C22H18BrClN4S/c1-14-11-17(15(2)28(14)21-6-4-3-5-19(21)24)12-25-27-22-26-20(13-29-22)16-7-9-18(23)10-8-16/h3-13H,1-2H3,(H,26,27). The Balaban J connectivity index is 1.52. The van der Waals surface area contributed by atoms with E-state index >= 15 is 0 Å². The zero-order chi connectivity index (χ0) is 20.4. The molecule has 0 saturated heterocycles. The van der Waals surface area contributed by atoms with Crippen LogP contribution in [-0.4, -0.2) is 15.8 Å². The molecule has 4 aromatic rings. The number of rotatable bonds is 5. The predicted octanol–water partition coefficient (Wildman–Crippen LogP) is 7.08. The maximum Gasteiger partial charge on any atom is 0.203 e. The van der Waals surface area contributed by atoms with Crippen LogP contribution in [0.3, 0.4) is 0 Å². The van der Waals surface area contributed by atoms with Gasteiger partial charge in [-0.25, -0.2) is 4.98 Å². The van der Waals surface area contributed by atoms with Gasteiger partial charge in [0, 0.05) is 32.4 Å². The normalized spacial score (nSPS) is 11.3. The highest BCUT2D eigenvalue weighted by molar-refractivity contribution is 9.10. The molecule has 2 aromatic carbocycles. The number of hydrogen-bond acceptors (Lipinski definition) is 4. The molecule has 4 nitrogen and oxygen atoms in total. The van der Waals surface area contributed by atoms with Crippen molar-refractivity contribution in [3.63, 3.8) is 0 Å². The van der Waals surface area contributed by atoms with Gasteiger partial charge in [-0.15, -0.1) is 11.3 Å². The van der Waals surface area contributed by atoms with Crippen molar-refractivity contribution in [1.82, 2.24) is 9.55 Å². The topological polar surface area (TPSA) is 42.2 Å². The Morgan fingerprint density at radius 2 is 1.90 bits per heavy atom. The maximum absolute atomic E-state index is 6.38. The first-order chi connectivity index (χ1) is 14.0. The van der Waals surface area contributed by atoms with Crippen LogP contribution in [0.5, 0.6) is 0 Å². The van der Waals surface area contributed by atoms with Crippen LogP contribution >= 0.6 is 38.9 Å². The highest BCUT2D eigenvalue weighted by Crippen LogP contribution is 2.27. The average Bonchev–Trinajstić information content (AvgIpc) is 3.28. The summed E-state index contributed by atoms with van der Waals surface area (Å²) in [5, 5.41) is 7.87. The molecule has 2 aromatic heterocycles. The number of aryl methyl sites for hydroxylation is 1. The molecular formula is C22H18BrClN4S. The Kier molecular flexibility index (Phi) is 5.85. The molecule has 0 aliphatic heterocycles. The summed E-state index contributed by atoms with van der Waals surface area (Å²) in [7, 11) is 0. The minimum atomic E-state index is 0.721. The number of anilines is 1. The fourth-order valence-corrected chi connectivity index (χ4v) is 4.31. The summed E-state index contributed by atoms with van der Waals surface area (Å²) in [5.41, 5.74) is 9.21. The summed E-state index contributed by atoms with van der Waals surface area (Å²) in [6, 6.07) is 18.0. The summed E-state index contributed by atoms with van der Waals surface area (Å²) in [4.78, 5) is 4.60. The molecule has 0 atom stereocenters. The van der Waals surface area contributed by atoms with Crippen molar-refractivity contribution < 1.29 is 0 Å². The highest BCUT2D eigenvalue weighted by atomic mass is 79.9. The Labute approximate surface area is 187 Å². The van der Waals surface area contributed by atoms with Crippen LogP contribution in [0, 0.1) is 13.8 Å². The molecule has 7 heteroatoms. The van der Waals surface area contributed by atoms with Gasteiger partial charge < -0.3 is 4.57 Å². The first-order valence-corrected chi connectivity index (χ1v) is 11.0. The van der Waals surface area contributed by atoms with Gasteiger partial charge in [0.2, 0.25) is 5.13 Å². The Hall–Kier alpha value is -2.41. The van der Waals surface area contributed by atoms with Crippen molar-refractivity contribution in [3.05, 3.63) is 86.4 Å². The monoisotopic (exact) mass is 484 g/mol. The Morgan fingerprint density at radius 1 is 1.14 bits per heavy atom. The number of para-hydroxylation sites is 1. The van der Waals surface area contributed by atoms with Gasteiger partial charge in [-0.2, -0.15) is 5.10 Å². The van der Waals surface area contributed by atoms with Gasteiger partial charge >= 0.3 is 0 Å². The number of hydrogen-bond donors (Lipinski definition) is 1. The van der Waals surface area contributed by atoms with Crippen LogP contribution in [0.15, 0.2) is 69.6 Å².